The third-order valence-corrected chi connectivity index (χ3v) is 8.50. The van der Waals surface area contributed by atoms with Crippen LogP contribution in [0.15, 0.2) is 49.6 Å². The highest BCUT2D eigenvalue weighted by Gasteiger charge is 2.75. The van der Waals surface area contributed by atoms with Gasteiger partial charge in [0.1, 0.15) is 17.7 Å². The van der Waals surface area contributed by atoms with Crippen molar-refractivity contribution < 1.29 is 33.8 Å². The molecule has 222 valence electrons. The topological polar surface area (TPSA) is 125 Å². The fourth-order valence-electron chi connectivity index (χ4n) is 6.35. The molecule has 4 rings (SSSR count). The van der Waals surface area contributed by atoms with E-state index in [9.17, 15) is 24.3 Å². The number of halogens is 1. The number of aliphatic hydroxyl groups is 1. The molecule has 41 heavy (non-hydrogen) atoms. The Morgan fingerprint density at radius 3 is 2.68 bits per heavy atom. The smallest absolute Gasteiger partial charge is 0.312 e. The summed E-state index contributed by atoms with van der Waals surface area (Å²) < 4.78 is 12.1. The predicted octanol–water partition coefficient (Wildman–Crippen LogP) is 2.63. The van der Waals surface area contributed by atoms with Gasteiger partial charge >= 0.3 is 5.97 Å². The van der Waals surface area contributed by atoms with E-state index in [1.54, 1.807) is 50.3 Å². The van der Waals surface area contributed by atoms with Gasteiger partial charge < -0.3 is 29.7 Å². The first-order valence-corrected chi connectivity index (χ1v) is 14.3. The standard InChI is InChI=1S/C30H38ClN3O7/c1-5-7-12-23(36)32-16-19(4)40-29(39)24-22-13-14-30(41-22)25(24)27(37)34(18(3)17-35)26(30)28(38)33(15-6-2)21-11-9-8-10-20(21)31/h5-6,8-11,18-19,22,24-26,35H,1-2,7,12-17H2,3-4H3,(H,32,36)/t18-,19-,22+,24-,25-,26+,30-/m1/s1. The van der Waals surface area contributed by atoms with Gasteiger partial charge in [-0.15, -0.1) is 13.2 Å². The van der Waals surface area contributed by atoms with Crippen LogP contribution >= 0.6 is 11.6 Å². The predicted molar refractivity (Wildman–Crippen MR) is 153 cm³/mol. The summed E-state index contributed by atoms with van der Waals surface area (Å²) in [5.41, 5.74) is -0.815. The number of likely N-dealkylation sites (tertiary alicyclic amines) is 1. The third kappa shape index (κ3) is 5.65. The van der Waals surface area contributed by atoms with Crippen LogP contribution in [-0.4, -0.2) is 83.3 Å². The summed E-state index contributed by atoms with van der Waals surface area (Å²) in [6.45, 7) is 10.6. The van der Waals surface area contributed by atoms with E-state index in [-0.39, 0.29) is 32.0 Å². The second-order valence-electron chi connectivity index (χ2n) is 10.9. The number of ether oxygens (including phenoxy) is 2. The molecule has 3 fully saturated rings. The number of amides is 3. The maximum absolute atomic E-state index is 14.4. The van der Waals surface area contributed by atoms with Gasteiger partial charge in [0, 0.05) is 13.0 Å². The van der Waals surface area contributed by atoms with Crippen LogP contribution in [0.25, 0.3) is 0 Å². The molecule has 2 N–H and O–H groups in total. The summed E-state index contributed by atoms with van der Waals surface area (Å²) >= 11 is 6.46. The van der Waals surface area contributed by atoms with Crippen molar-refractivity contribution in [2.45, 2.75) is 69.4 Å². The normalized spacial score (nSPS) is 27.6. The van der Waals surface area contributed by atoms with Gasteiger partial charge in [-0.25, -0.2) is 0 Å². The number of rotatable bonds is 13. The van der Waals surface area contributed by atoms with E-state index < -0.39 is 59.5 Å². The number of nitrogens with zero attached hydrogens (tertiary/aromatic N) is 2. The summed E-state index contributed by atoms with van der Waals surface area (Å²) in [4.78, 5) is 56.7. The first kappa shape index (κ1) is 30.7. The van der Waals surface area contributed by atoms with Crippen molar-refractivity contribution in [3.8, 4) is 0 Å². The van der Waals surface area contributed by atoms with Gasteiger partial charge in [0.15, 0.2) is 0 Å². The second kappa shape index (κ2) is 12.8. The summed E-state index contributed by atoms with van der Waals surface area (Å²) in [5, 5.41) is 13.2. The Morgan fingerprint density at radius 2 is 2.02 bits per heavy atom. The van der Waals surface area contributed by atoms with Crippen molar-refractivity contribution in [3.05, 3.63) is 54.6 Å². The molecule has 0 saturated carbocycles. The van der Waals surface area contributed by atoms with Crippen molar-refractivity contribution in [2.75, 3.05) is 24.6 Å². The zero-order chi connectivity index (χ0) is 29.9. The SMILES string of the molecule is C=CCCC(=O)NC[C@@H](C)OC(=O)[C@@H]1[C@@H]2CC[C@]3(O2)[C@H](C(=O)N(CC=C)c2ccccc2Cl)N([C@H](C)CO)C(=O)[C@@H]13. The van der Waals surface area contributed by atoms with E-state index in [0.717, 1.165) is 0 Å². The Labute approximate surface area is 245 Å². The first-order valence-electron chi connectivity index (χ1n) is 14.0. The van der Waals surface area contributed by atoms with E-state index in [1.165, 1.54) is 9.80 Å². The minimum absolute atomic E-state index is 0.118. The van der Waals surface area contributed by atoms with E-state index in [1.807, 2.05) is 0 Å². The number of carbonyl (C=O) groups is 4. The first-order chi connectivity index (χ1) is 19.6. The fourth-order valence-corrected chi connectivity index (χ4v) is 6.59. The molecule has 3 amide bonds. The summed E-state index contributed by atoms with van der Waals surface area (Å²) in [6, 6.07) is 5.08. The van der Waals surface area contributed by atoms with E-state index in [4.69, 9.17) is 21.1 Å². The Balaban J connectivity index is 1.62. The Kier molecular flexibility index (Phi) is 9.56. The number of nitrogens with one attached hydrogen (secondary N) is 1. The third-order valence-electron chi connectivity index (χ3n) is 8.18. The van der Waals surface area contributed by atoms with Crippen LogP contribution in [0.5, 0.6) is 0 Å². The van der Waals surface area contributed by atoms with Gasteiger partial charge in [-0.05, 0) is 45.2 Å². The Hall–Kier alpha value is -3.21. The molecule has 3 heterocycles. The maximum atomic E-state index is 14.4. The Morgan fingerprint density at radius 1 is 1.29 bits per heavy atom. The second-order valence-corrected chi connectivity index (χ2v) is 11.3. The number of carbonyl (C=O) groups excluding carboxylic acids is 4. The number of benzene rings is 1. The van der Waals surface area contributed by atoms with Crippen LogP contribution in [-0.2, 0) is 28.7 Å². The van der Waals surface area contributed by atoms with Crippen molar-refractivity contribution in [3.63, 3.8) is 0 Å². The molecule has 1 spiro atoms. The molecule has 0 radical (unpaired) electrons. The van der Waals surface area contributed by atoms with E-state index in [2.05, 4.69) is 18.5 Å². The molecule has 1 aromatic carbocycles. The number of esters is 1. The lowest BCUT2D eigenvalue weighted by molar-refractivity contribution is -0.159. The minimum Gasteiger partial charge on any atom is -0.460 e. The summed E-state index contributed by atoms with van der Waals surface area (Å²) in [5.74, 6) is -3.53. The quantitative estimate of drug-likeness (QED) is 0.268. The van der Waals surface area contributed by atoms with Gasteiger partial charge in [0.2, 0.25) is 11.8 Å². The monoisotopic (exact) mass is 587 g/mol. The summed E-state index contributed by atoms with van der Waals surface area (Å²) in [7, 11) is 0. The highest BCUT2D eigenvalue weighted by molar-refractivity contribution is 6.34. The summed E-state index contributed by atoms with van der Waals surface area (Å²) in [6.07, 6.45) is 3.66. The molecule has 0 aromatic heterocycles. The zero-order valence-electron chi connectivity index (χ0n) is 23.5. The van der Waals surface area contributed by atoms with Gasteiger partial charge in [-0.3, -0.25) is 19.2 Å². The number of aliphatic hydroxyl groups excluding tert-OH is 1. The van der Waals surface area contributed by atoms with Crippen molar-refractivity contribution >= 4 is 41.0 Å². The molecule has 1 aromatic rings. The highest BCUT2D eigenvalue weighted by Crippen LogP contribution is 2.59. The molecular weight excluding hydrogens is 550 g/mol. The molecule has 0 unspecified atom stereocenters. The van der Waals surface area contributed by atoms with Gasteiger partial charge in [0.05, 0.1) is 47.8 Å². The molecule has 0 aliphatic carbocycles. The largest absolute Gasteiger partial charge is 0.460 e. The average Bonchev–Trinajstić information content (AvgIpc) is 3.60. The van der Waals surface area contributed by atoms with Crippen LogP contribution in [0.1, 0.15) is 39.5 Å². The highest BCUT2D eigenvalue weighted by atomic mass is 35.5. The average molecular weight is 588 g/mol. The van der Waals surface area contributed by atoms with Gasteiger partial charge in [0.25, 0.3) is 5.91 Å². The molecule has 2 bridgehead atoms. The maximum Gasteiger partial charge on any atom is 0.312 e. The van der Waals surface area contributed by atoms with Crippen LogP contribution in [0.4, 0.5) is 5.69 Å². The molecule has 11 heteroatoms. The molecule has 3 aliphatic heterocycles. The van der Waals surface area contributed by atoms with E-state index in [0.29, 0.717) is 30.0 Å². The number of hydrogen-bond acceptors (Lipinski definition) is 7. The minimum atomic E-state index is -1.27. The molecule has 7 atom stereocenters. The molecule has 3 saturated heterocycles. The lowest BCUT2D eigenvalue weighted by Crippen LogP contribution is -2.58. The lowest BCUT2D eigenvalue weighted by Gasteiger charge is -2.38. The number of fused-ring (bicyclic) bond motifs is 1. The number of allylic oxidation sites excluding steroid dienone is 1. The lowest BCUT2D eigenvalue weighted by atomic mass is 9.70. The van der Waals surface area contributed by atoms with Crippen LogP contribution in [0.2, 0.25) is 5.02 Å². The van der Waals surface area contributed by atoms with E-state index >= 15 is 0 Å². The molecule has 10 nitrogen and oxygen atoms in total. The van der Waals surface area contributed by atoms with Gasteiger partial charge in [-0.2, -0.15) is 0 Å². The number of para-hydroxylation sites is 1. The van der Waals surface area contributed by atoms with Crippen LogP contribution in [0.3, 0.4) is 0 Å². The molecular formula is C30H38ClN3O7. The molecule has 3 aliphatic rings. The fraction of sp³-hybridized carbons (Fsp3) is 0.533. The van der Waals surface area contributed by atoms with Gasteiger partial charge in [-0.1, -0.05) is 35.9 Å². The number of hydrogen-bond donors (Lipinski definition) is 2. The van der Waals surface area contributed by atoms with Crippen molar-refractivity contribution in [1.82, 2.24) is 10.2 Å². The van der Waals surface area contributed by atoms with Crippen LogP contribution < -0.4 is 10.2 Å². The zero-order valence-corrected chi connectivity index (χ0v) is 24.2. The Bertz CT molecular complexity index is 1210. The van der Waals surface area contributed by atoms with Crippen LogP contribution in [0, 0.1) is 11.8 Å². The number of anilines is 1. The van der Waals surface area contributed by atoms with Crippen molar-refractivity contribution in [1.29, 1.82) is 0 Å². The van der Waals surface area contributed by atoms with Crippen molar-refractivity contribution in [2.24, 2.45) is 11.8 Å².